The number of hydrogen-bond donors (Lipinski definition) is 0. The number of thiazole rings is 3. The number of alkyl halides is 5. The maximum Gasteiger partial charge on any atom is 2.00 e. The first kappa shape index (κ1) is 109. The van der Waals surface area contributed by atoms with Crippen LogP contribution in [0.5, 0.6) is 0 Å². The van der Waals surface area contributed by atoms with Crippen LogP contribution in [0.4, 0.5) is 0 Å². The SMILES string of the molecule is BrBr.CC.CC.CC.CC.CC.CC.CC(=O)c1ccc(CCCl)cc1.ClCCc1ccc(-c2csc(-c3ccccc3)n2)cc1.ICCc1ccc(-c2csc(-c3ccccc3)n2)cc1.O=C(CBr)c1ccc(CCCl)cc1.[C-]#C.[CH2-]Cc1ccc(-c2csc(-c3ccccc3)n2)cc1.[I-].[Na+].[V+2]. The van der Waals surface area contributed by atoms with Gasteiger partial charge < -0.3 is 43.7 Å². The number of aryl methyl sites for hydroxylation is 4. The number of halogens is 8. The largest absolute Gasteiger partial charge is 2.00 e. The van der Waals surface area contributed by atoms with E-state index in [1.165, 1.54) is 50.1 Å². The number of benzene rings is 8. The Balaban J connectivity index is -0.000000371. The average Bonchev–Trinajstić information content (AvgIpc) is 1.72. The molecule has 3 aromatic heterocycles. The van der Waals surface area contributed by atoms with Crippen LogP contribution in [0.25, 0.3) is 65.5 Å². The molecule has 103 heavy (non-hydrogen) atoms. The third kappa shape index (κ3) is 43.6. The number of carbonyl (C=O) groups excluding carboxylic acids is 2. The van der Waals surface area contributed by atoms with Gasteiger partial charge >= 0.3 is 48.1 Å². The summed E-state index contributed by atoms with van der Waals surface area (Å²) in [6, 6.07) is 71.7. The van der Waals surface area contributed by atoms with Gasteiger partial charge in [0.25, 0.3) is 0 Å². The average molecular weight is 1970 g/mol. The van der Waals surface area contributed by atoms with Crippen molar-refractivity contribution in [2.75, 3.05) is 27.4 Å². The van der Waals surface area contributed by atoms with E-state index < -0.39 is 0 Å². The van der Waals surface area contributed by atoms with E-state index in [4.69, 9.17) is 56.2 Å². The fourth-order valence-electron chi connectivity index (χ4n) is 8.16. The second-order valence-electron chi connectivity index (χ2n) is 18.8. The smallest absolute Gasteiger partial charge is 1.00 e. The van der Waals surface area contributed by atoms with Crippen LogP contribution in [0.15, 0.2) is 228 Å². The van der Waals surface area contributed by atoms with Gasteiger partial charge in [-0.25, -0.2) is 15.0 Å². The minimum absolute atomic E-state index is 0. The zero-order chi connectivity index (χ0) is 75.3. The number of terminal acetylenes is 1. The summed E-state index contributed by atoms with van der Waals surface area (Å²) in [5.74, 6) is 2.11. The Hall–Kier alpha value is -3.10. The summed E-state index contributed by atoms with van der Waals surface area (Å²) in [4.78, 5) is 36.3. The Morgan fingerprint density at radius 1 is 0.417 bits per heavy atom. The molecule has 0 saturated carbocycles. The van der Waals surface area contributed by atoms with Crippen molar-refractivity contribution in [2.24, 2.45) is 0 Å². The molecule has 0 spiro atoms. The standard InChI is InChI=1S/C17H14ClNS.C17H14INS.C17H14NS.C10H10BrClO.C10H11ClO.6C2H6.C2H.Br2.HI.Na.V/c2*18-11-10-13-6-8-14(9-7-13)16-12-20-17(19-16)15-4-2-1-3-5-15;1-2-13-8-10-14(11-9-13)16-12-19-17(18-16)15-6-4-3-5-7-15;11-7-10(13)9-3-1-8(2-4-9)5-6-12;1-8(12)10-4-2-9(3-5-10)6-7-11;8*1-2;;;/h2*1-9,12H,10-11H2;3-12H,1-2H2;1-4H,5-7H2;2-5H,6-7H2,1H3;6*1-2H3;1H;;1H;;/q;;-1;;;;;;;;;-1;;;+1;+2/p-1. The molecule has 5 nitrogen and oxygen atoms in total. The van der Waals surface area contributed by atoms with Crippen molar-refractivity contribution in [3.63, 3.8) is 0 Å². The second-order valence-corrected chi connectivity index (χ2v) is 24.2. The first-order chi connectivity index (χ1) is 49.1. The molecule has 0 aliphatic rings. The Morgan fingerprint density at radius 3 is 0.893 bits per heavy atom. The van der Waals surface area contributed by atoms with Gasteiger partial charge in [-0.05, 0) is 54.9 Å². The van der Waals surface area contributed by atoms with Gasteiger partial charge in [0.15, 0.2) is 11.6 Å². The van der Waals surface area contributed by atoms with Gasteiger partial charge in [-0.2, -0.15) is 6.42 Å². The molecule has 0 atom stereocenters. The molecule has 0 amide bonds. The molecule has 3 heterocycles. The van der Waals surface area contributed by atoms with Crippen LogP contribution in [0.1, 0.15) is 139 Å². The molecule has 18 heteroatoms. The van der Waals surface area contributed by atoms with Crippen LogP contribution < -0.4 is 53.5 Å². The quantitative estimate of drug-likeness (QED) is 0.0214. The predicted molar refractivity (Wildman–Crippen MR) is 469 cm³/mol. The van der Waals surface area contributed by atoms with Crippen LogP contribution in [0.3, 0.4) is 0 Å². The Morgan fingerprint density at radius 2 is 0.660 bits per heavy atom. The molecule has 11 aromatic rings. The minimum Gasteiger partial charge on any atom is -1.00 e. The number of ketones is 2. The molecule has 0 saturated heterocycles. The predicted octanol–water partition coefficient (Wildman–Crippen LogP) is 23.3. The van der Waals surface area contributed by atoms with Crippen LogP contribution in [-0.4, -0.2) is 53.9 Å². The normalized spacial score (nSPS) is 8.92. The Bertz CT molecular complexity index is 3620. The summed E-state index contributed by atoms with van der Waals surface area (Å²) < 4.78 is 1.16. The molecule has 1 radical (unpaired) electrons. The van der Waals surface area contributed by atoms with Gasteiger partial charge in [-0.15, -0.1) is 68.8 Å². The summed E-state index contributed by atoms with van der Waals surface area (Å²) >= 11 is 33.0. The number of Topliss-reactive ketones (excluding diaryl/α,β-unsaturated/α-hetero) is 2. The van der Waals surface area contributed by atoms with Crippen LogP contribution >= 0.6 is 136 Å². The molecule has 8 aromatic carbocycles. The summed E-state index contributed by atoms with van der Waals surface area (Å²) in [7, 11) is 0. The molecule has 0 unspecified atom stereocenters. The number of hydrogen-bond acceptors (Lipinski definition) is 8. The molecule has 0 fully saturated rings. The molecule has 11 rings (SSSR count). The first-order valence-electron chi connectivity index (χ1n) is 33.7. The van der Waals surface area contributed by atoms with Gasteiger partial charge in [0.2, 0.25) is 0 Å². The zero-order valence-corrected chi connectivity index (χ0v) is 79.3. The number of carbonyl (C=O) groups is 2. The van der Waals surface area contributed by atoms with E-state index in [-0.39, 0.29) is 83.7 Å². The summed E-state index contributed by atoms with van der Waals surface area (Å²) in [6.07, 6.45) is 13.6. The first-order valence-corrected chi connectivity index (χ1v) is 44.3. The maximum atomic E-state index is 11.2. The van der Waals surface area contributed by atoms with E-state index in [1.807, 2.05) is 174 Å². The van der Waals surface area contributed by atoms with E-state index in [9.17, 15) is 9.59 Å². The van der Waals surface area contributed by atoms with Crippen molar-refractivity contribution in [3.8, 4) is 71.9 Å². The molecule has 0 bridgehead atoms. The molecular weight excluding hydrogens is 1860 g/mol. The van der Waals surface area contributed by atoms with Crippen molar-refractivity contribution in [1.29, 1.82) is 0 Å². The Labute approximate surface area is 736 Å². The van der Waals surface area contributed by atoms with Crippen molar-refractivity contribution < 1.29 is 81.7 Å². The second kappa shape index (κ2) is 73.1. The van der Waals surface area contributed by atoms with Crippen molar-refractivity contribution in [3.05, 3.63) is 281 Å². The fraction of sp³-hybridized carbons (Fsp3) is 0.271. The van der Waals surface area contributed by atoms with E-state index in [2.05, 4.69) is 218 Å². The van der Waals surface area contributed by atoms with E-state index in [1.54, 1.807) is 40.9 Å². The summed E-state index contributed by atoms with van der Waals surface area (Å²) in [5, 5.41) is 9.94. The van der Waals surface area contributed by atoms with Crippen molar-refractivity contribution >= 4 is 147 Å². The number of rotatable bonds is 18. The van der Waals surface area contributed by atoms with Crippen LogP contribution in [0, 0.1) is 19.8 Å². The third-order valence-corrected chi connectivity index (χ3v) is 17.2. The van der Waals surface area contributed by atoms with Crippen molar-refractivity contribution in [2.45, 2.75) is 122 Å². The maximum absolute atomic E-state index is 11.2. The molecular formula is C85H100Br3Cl3I2N3NaO2S3V. The van der Waals surface area contributed by atoms with Gasteiger partial charge in [-0.1, -0.05) is 339 Å². The van der Waals surface area contributed by atoms with E-state index >= 15 is 0 Å². The van der Waals surface area contributed by atoms with Gasteiger partial charge in [0, 0.05) is 111 Å². The monoisotopic (exact) mass is 1960 g/mol. The van der Waals surface area contributed by atoms with E-state index in [0.717, 1.165) is 90.9 Å². The minimum atomic E-state index is 0. The zero-order valence-electron chi connectivity index (χ0n) is 62.1. The number of aromatic nitrogens is 3. The number of nitrogens with zero attached hydrogens (tertiary/aromatic N) is 3. The van der Waals surface area contributed by atoms with Crippen LogP contribution in [0.2, 0.25) is 0 Å². The summed E-state index contributed by atoms with van der Waals surface area (Å²) in [6.45, 7) is 29.5. The molecule has 547 valence electrons. The molecule has 0 aliphatic carbocycles. The van der Waals surface area contributed by atoms with Gasteiger partial charge in [-0.3, -0.25) is 9.59 Å². The molecule has 0 aliphatic heterocycles. The van der Waals surface area contributed by atoms with Crippen LogP contribution in [-0.2, 0) is 50.7 Å². The third-order valence-electron chi connectivity index (χ3n) is 12.9. The van der Waals surface area contributed by atoms with Gasteiger partial charge in [0.05, 0.1) is 22.4 Å². The van der Waals surface area contributed by atoms with Crippen molar-refractivity contribution in [1.82, 2.24) is 15.0 Å². The fourth-order valence-corrected chi connectivity index (χ4v) is 12.3. The molecule has 0 N–H and O–H groups in total. The Kier molecular flexibility index (Phi) is 77.0. The summed E-state index contributed by atoms with van der Waals surface area (Å²) in [5.41, 5.74) is 17.9. The van der Waals surface area contributed by atoms with E-state index in [0.29, 0.717) is 23.0 Å². The van der Waals surface area contributed by atoms with Gasteiger partial charge in [0.1, 0.15) is 15.0 Å². The topological polar surface area (TPSA) is 72.8 Å².